The molecule has 1 amide bonds. The first-order valence-corrected chi connectivity index (χ1v) is 9.33. The van der Waals surface area contributed by atoms with Gasteiger partial charge in [0.25, 0.3) is 10.0 Å². The topological polar surface area (TPSA) is 85.6 Å². The van der Waals surface area contributed by atoms with Crippen LogP contribution in [0.3, 0.4) is 0 Å². The number of benzene rings is 2. The lowest BCUT2D eigenvalue weighted by molar-refractivity contribution is 0.0951. The van der Waals surface area contributed by atoms with Gasteiger partial charge in [-0.05, 0) is 36.8 Å². The van der Waals surface area contributed by atoms with Crippen molar-refractivity contribution in [1.82, 2.24) is 4.72 Å². The Balaban J connectivity index is 1.75. The van der Waals surface area contributed by atoms with Gasteiger partial charge in [0.05, 0.1) is 11.2 Å². The molecular formula is C19H17NO5S. The number of para-hydroxylation sites is 1. The summed E-state index contributed by atoms with van der Waals surface area (Å²) in [7, 11) is -4.00. The minimum absolute atomic E-state index is 0.0435. The molecule has 3 aromatic rings. The van der Waals surface area contributed by atoms with Crippen molar-refractivity contribution in [1.29, 1.82) is 0 Å². The van der Waals surface area contributed by atoms with Gasteiger partial charge in [-0.1, -0.05) is 36.4 Å². The number of rotatable bonds is 6. The molecule has 1 aromatic heterocycles. The summed E-state index contributed by atoms with van der Waals surface area (Å²) in [6, 6.07) is 17.1. The molecule has 1 N–H and O–H groups in total. The van der Waals surface area contributed by atoms with Crippen LogP contribution < -0.4 is 9.46 Å². The smallest absolute Gasteiger partial charge is 0.301 e. The highest BCUT2D eigenvalue weighted by atomic mass is 32.2. The Morgan fingerprint density at radius 2 is 1.73 bits per heavy atom. The van der Waals surface area contributed by atoms with E-state index in [0.29, 0.717) is 16.9 Å². The summed E-state index contributed by atoms with van der Waals surface area (Å²) < 4.78 is 37.7. The molecule has 0 aliphatic heterocycles. The fourth-order valence-electron chi connectivity index (χ4n) is 2.41. The summed E-state index contributed by atoms with van der Waals surface area (Å²) in [6.07, 6.45) is 1.32. The van der Waals surface area contributed by atoms with Gasteiger partial charge < -0.3 is 9.15 Å². The third kappa shape index (κ3) is 3.94. The standard InChI is InChI=1S/C19H17NO5S/c1-14-7-5-6-10-17(14)26(22,23)20-19(21)18-15(11-12-24-18)13-25-16-8-3-2-4-9-16/h2-12H,13H2,1H3,(H,20,21). The Labute approximate surface area is 151 Å². The zero-order valence-electron chi connectivity index (χ0n) is 14.0. The molecule has 2 aromatic carbocycles. The lowest BCUT2D eigenvalue weighted by Gasteiger charge is -2.09. The maximum Gasteiger partial charge on any atom is 0.301 e. The number of carbonyl (C=O) groups excluding carboxylic acids is 1. The summed E-state index contributed by atoms with van der Waals surface area (Å²) in [5.41, 5.74) is 0.992. The van der Waals surface area contributed by atoms with E-state index in [0.717, 1.165) is 0 Å². The normalized spacial score (nSPS) is 11.1. The van der Waals surface area contributed by atoms with Crippen molar-refractivity contribution in [3.8, 4) is 5.75 Å². The highest BCUT2D eigenvalue weighted by Crippen LogP contribution is 2.18. The molecule has 0 radical (unpaired) electrons. The van der Waals surface area contributed by atoms with E-state index in [9.17, 15) is 13.2 Å². The summed E-state index contributed by atoms with van der Waals surface area (Å²) in [5.74, 6) is -0.310. The van der Waals surface area contributed by atoms with Crippen LogP contribution in [0.5, 0.6) is 5.75 Å². The van der Waals surface area contributed by atoms with Gasteiger partial charge >= 0.3 is 5.91 Å². The van der Waals surface area contributed by atoms with E-state index < -0.39 is 15.9 Å². The maximum atomic E-state index is 12.4. The SMILES string of the molecule is Cc1ccccc1S(=O)(=O)NC(=O)c1occc1COc1ccccc1. The van der Waals surface area contributed by atoms with E-state index in [2.05, 4.69) is 0 Å². The van der Waals surface area contributed by atoms with Crippen molar-refractivity contribution < 1.29 is 22.4 Å². The van der Waals surface area contributed by atoms with Gasteiger partial charge in [-0.15, -0.1) is 0 Å². The molecule has 0 saturated carbocycles. The number of furan rings is 1. The fourth-order valence-corrected chi connectivity index (χ4v) is 3.60. The number of amides is 1. The molecule has 0 fully saturated rings. The van der Waals surface area contributed by atoms with Crippen molar-refractivity contribution >= 4 is 15.9 Å². The van der Waals surface area contributed by atoms with Gasteiger partial charge in [-0.3, -0.25) is 4.79 Å². The molecule has 0 spiro atoms. The van der Waals surface area contributed by atoms with Crippen LogP contribution in [-0.2, 0) is 16.6 Å². The number of nitrogens with one attached hydrogen (secondary N) is 1. The van der Waals surface area contributed by atoms with E-state index in [-0.39, 0.29) is 17.3 Å². The predicted molar refractivity (Wildman–Crippen MR) is 95.3 cm³/mol. The van der Waals surface area contributed by atoms with Crippen LogP contribution in [0.15, 0.2) is 76.2 Å². The van der Waals surface area contributed by atoms with Gasteiger partial charge in [-0.2, -0.15) is 0 Å². The Morgan fingerprint density at radius 1 is 1.04 bits per heavy atom. The minimum atomic E-state index is -4.00. The minimum Gasteiger partial charge on any atom is -0.489 e. The average molecular weight is 371 g/mol. The average Bonchev–Trinajstić information content (AvgIpc) is 3.09. The van der Waals surface area contributed by atoms with Crippen molar-refractivity contribution in [3.63, 3.8) is 0 Å². The van der Waals surface area contributed by atoms with Gasteiger partial charge in [0.1, 0.15) is 12.4 Å². The maximum absolute atomic E-state index is 12.4. The number of ether oxygens (including phenoxy) is 1. The lowest BCUT2D eigenvalue weighted by atomic mass is 10.2. The summed E-state index contributed by atoms with van der Waals surface area (Å²) in [4.78, 5) is 12.4. The molecule has 3 rings (SSSR count). The molecular weight excluding hydrogens is 354 g/mol. The fraction of sp³-hybridized carbons (Fsp3) is 0.105. The highest BCUT2D eigenvalue weighted by molar-refractivity contribution is 7.90. The van der Waals surface area contributed by atoms with Crippen LogP contribution in [0.25, 0.3) is 0 Å². The molecule has 0 atom stereocenters. The number of hydrogen-bond donors (Lipinski definition) is 1. The molecule has 0 unspecified atom stereocenters. The molecule has 134 valence electrons. The Morgan fingerprint density at radius 3 is 2.46 bits per heavy atom. The molecule has 26 heavy (non-hydrogen) atoms. The number of aryl methyl sites for hydroxylation is 1. The molecule has 0 aliphatic carbocycles. The van der Waals surface area contributed by atoms with E-state index in [1.807, 2.05) is 22.9 Å². The second-order valence-corrected chi connectivity index (χ2v) is 7.23. The first kappa shape index (κ1) is 17.8. The monoisotopic (exact) mass is 371 g/mol. The third-order valence-electron chi connectivity index (χ3n) is 3.70. The van der Waals surface area contributed by atoms with Gasteiger partial charge in [-0.25, -0.2) is 13.1 Å². The van der Waals surface area contributed by atoms with Crippen molar-refractivity contribution in [2.24, 2.45) is 0 Å². The van der Waals surface area contributed by atoms with Crippen LogP contribution in [0.4, 0.5) is 0 Å². The summed E-state index contributed by atoms with van der Waals surface area (Å²) >= 11 is 0. The summed E-state index contributed by atoms with van der Waals surface area (Å²) in [6.45, 7) is 1.73. The Hall–Kier alpha value is -3.06. The molecule has 1 heterocycles. The second kappa shape index (κ2) is 7.45. The van der Waals surface area contributed by atoms with Crippen LogP contribution in [-0.4, -0.2) is 14.3 Å². The van der Waals surface area contributed by atoms with Crippen LogP contribution in [0.2, 0.25) is 0 Å². The number of sulfonamides is 1. The molecule has 0 aliphatic rings. The molecule has 6 nitrogen and oxygen atoms in total. The van der Waals surface area contributed by atoms with E-state index in [1.54, 1.807) is 43.3 Å². The van der Waals surface area contributed by atoms with E-state index in [1.165, 1.54) is 12.3 Å². The Bertz CT molecular complexity index is 1010. The van der Waals surface area contributed by atoms with E-state index >= 15 is 0 Å². The lowest BCUT2D eigenvalue weighted by Crippen LogP contribution is -2.31. The van der Waals surface area contributed by atoms with E-state index in [4.69, 9.17) is 9.15 Å². The van der Waals surface area contributed by atoms with Crippen molar-refractivity contribution in [2.75, 3.05) is 0 Å². The third-order valence-corrected chi connectivity index (χ3v) is 5.19. The Kier molecular flexibility index (Phi) is 5.09. The summed E-state index contributed by atoms with van der Waals surface area (Å²) in [5, 5.41) is 0. The number of hydrogen-bond acceptors (Lipinski definition) is 5. The quantitative estimate of drug-likeness (QED) is 0.719. The van der Waals surface area contributed by atoms with Gasteiger partial charge in [0.15, 0.2) is 5.76 Å². The van der Waals surface area contributed by atoms with Crippen LogP contribution >= 0.6 is 0 Å². The zero-order chi connectivity index (χ0) is 18.6. The predicted octanol–water partition coefficient (Wildman–Crippen LogP) is 3.29. The zero-order valence-corrected chi connectivity index (χ0v) is 14.8. The van der Waals surface area contributed by atoms with Crippen molar-refractivity contribution in [2.45, 2.75) is 18.4 Å². The van der Waals surface area contributed by atoms with Crippen LogP contribution in [0, 0.1) is 6.92 Å². The first-order valence-electron chi connectivity index (χ1n) is 7.84. The van der Waals surface area contributed by atoms with Gasteiger partial charge in [0.2, 0.25) is 0 Å². The van der Waals surface area contributed by atoms with Gasteiger partial charge in [0, 0.05) is 5.56 Å². The second-order valence-electron chi connectivity index (χ2n) is 5.58. The van der Waals surface area contributed by atoms with Crippen molar-refractivity contribution in [3.05, 3.63) is 83.8 Å². The molecule has 0 bridgehead atoms. The largest absolute Gasteiger partial charge is 0.489 e. The first-order chi connectivity index (χ1) is 12.5. The van der Waals surface area contributed by atoms with Crippen LogP contribution in [0.1, 0.15) is 21.7 Å². The molecule has 7 heteroatoms. The number of carbonyl (C=O) groups is 1. The highest BCUT2D eigenvalue weighted by Gasteiger charge is 2.24. The molecule has 0 saturated heterocycles.